The van der Waals surface area contributed by atoms with E-state index in [-0.39, 0.29) is 5.82 Å². The number of halogens is 1. The molecule has 1 aromatic carbocycles. The molecule has 0 spiro atoms. The fourth-order valence-electron chi connectivity index (χ4n) is 1.44. The molecule has 0 aliphatic rings. The summed E-state index contributed by atoms with van der Waals surface area (Å²) in [7, 11) is 0. The number of nitrogens with one attached hydrogen (secondary N) is 2. The van der Waals surface area contributed by atoms with Gasteiger partial charge in [0.05, 0.1) is 16.8 Å². The molecule has 0 aliphatic carbocycles. The lowest BCUT2D eigenvalue weighted by Crippen LogP contribution is -2.05. The second kappa shape index (κ2) is 5.60. The molecule has 1 aromatic heterocycles. The molecular formula is C12H12FN3S. The van der Waals surface area contributed by atoms with E-state index in [9.17, 15) is 4.39 Å². The normalized spacial score (nSPS) is 10.4. The van der Waals surface area contributed by atoms with Crippen LogP contribution >= 0.6 is 11.8 Å². The highest BCUT2D eigenvalue weighted by atomic mass is 32.2. The van der Waals surface area contributed by atoms with Gasteiger partial charge in [-0.25, -0.2) is 9.37 Å². The van der Waals surface area contributed by atoms with Gasteiger partial charge in [0.25, 0.3) is 0 Å². The summed E-state index contributed by atoms with van der Waals surface area (Å²) in [6.07, 6.45) is 5.14. The van der Waals surface area contributed by atoms with E-state index in [1.807, 2.05) is 0 Å². The Hall–Kier alpha value is -1.67. The molecule has 0 amide bonds. The third-order valence-corrected chi connectivity index (χ3v) is 3.03. The molecule has 17 heavy (non-hydrogen) atoms. The van der Waals surface area contributed by atoms with Crippen molar-refractivity contribution in [2.24, 2.45) is 0 Å². The standard InChI is InChI=1S/C12H12FN3S/c1-2-6-17-7-5-14-12-15-10-4-3-9(13)8-11(10)16-12/h1,3-4,8H,5-7H2,(H2,14,15,16). The quantitative estimate of drug-likeness (QED) is 0.632. The summed E-state index contributed by atoms with van der Waals surface area (Å²) in [5.41, 5.74) is 1.45. The van der Waals surface area contributed by atoms with Crippen molar-refractivity contribution in [1.29, 1.82) is 0 Å². The molecule has 0 unspecified atom stereocenters. The lowest BCUT2D eigenvalue weighted by Gasteiger charge is -2.00. The van der Waals surface area contributed by atoms with Gasteiger partial charge in [0.1, 0.15) is 5.82 Å². The number of fused-ring (bicyclic) bond motifs is 1. The Morgan fingerprint density at radius 2 is 2.41 bits per heavy atom. The Bertz CT molecular complexity index is 544. The zero-order chi connectivity index (χ0) is 12.1. The topological polar surface area (TPSA) is 40.7 Å². The molecule has 0 radical (unpaired) electrons. The van der Waals surface area contributed by atoms with E-state index < -0.39 is 0 Å². The van der Waals surface area contributed by atoms with Gasteiger partial charge in [0.2, 0.25) is 5.95 Å². The maximum Gasteiger partial charge on any atom is 0.201 e. The first-order chi connectivity index (χ1) is 8.29. The molecule has 0 fully saturated rings. The Balaban J connectivity index is 1.93. The van der Waals surface area contributed by atoms with Crippen LogP contribution in [-0.2, 0) is 0 Å². The van der Waals surface area contributed by atoms with Crippen molar-refractivity contribution in [3.05, 3.63) is 24.0 Å². The van der Waals surface area contributed by atoms with E-state index in [4.69, 9.17) is 6.42 Å². The number of aromatic amines is 1. The van der Waals surface area contributed by atoms with E-state index in [0.29, 0.717) is 17.2 Å². The molecule has 0 saturated carbocycles. The molecule has 2 N–H and O–H groups in total. The highest BCUT2D eigenvalue weighted by Gasteiger charge is 2.02. The van der Waals surface area contributed by atoms with Crippen molar-refractivity contribution in [2.45, 2.75) is 0 Å². The summed E-state index contributed by atoms with van der Waals surface area (Å²) in [5.74, 6) is 4.58. The smallest absolute Gasteiger partial charge is 0.201 e. The lowest BCUT2D eigenvalue weighted by molar-refractivity contribution is 0.629. The molecule has 1 heterocycles. The summed E-state index contributed by atoms with van der Waals surface area (Å²) < 4.78 is 12.9. The average Bonchev–Trinajstić information content (AvgIpc) is 2.70. The van der Waals surface area contributed by atoms with Crippen molar-refractivity contribution in [3.8, 4) is 12.3 Å². The molecule has 88 valence electrons. The number of nitrogens with zero attached hydrogens (tertiary/aromatic N) is 1. The number of anilines is 1. The van der Waals surface area contributed by atoms with E-state index in [1.54, 1.807) is 17.8 Å². The van der Waals surface area contributed by atoms with Crippen LogP contribution in [0.15, 0.2) is 18.2 Å². The first-order valence-electron chi connectivity index (χ1n) is 5.20. The minimum atomic E-state index is -0.266. The van der Waals surface area contributed by atoms with E-state index >= 15 is 0 Å². The minimum Gasteiger partial charge on any atom is -0.355 e. The van der Waals surface area contributed by atoms with Gasteiger partial charge in [-0.1, -0.05) is 5.92 Å². The summed E-state index contributed by atoms with van der Waals surface area (Å²) in [6, 6.07) is 4.48. The summed E-state index contributed by atoms with van der Waals surface area (Å²) in [5, 5.41) is 3.13. The number of rotatable bonds is 5. The molecule has 0 bridgehead atoms. The van der Waals surface area contributed by atoms with Gasteiger partial charge < -0.3 is 10.3 Å². The van der Waals surface area contributed by atoms with Crippen LogP contribution in [0.25, 0.3) is 11.0 Å². The molecule has 2 aromatic rings. The highest BCUT2D eigenvalue weighted by Crippen LogP contribution is 2.15. The Labute approximate surface area is 103 Å². The van der Waals surface area contributed by atoms with Crippen LogP contribution in [0.5, 0.6) is 0 Å². The first-order valence-corrected chi connectivity index (χ1v) is 6.35. The number of benzene rings is 1. The van der Waals surface area contributed by atoms with Crippen LogP contribution in [0.2, 0.25) is 0 Å². The van der Waals surface area contributed by atoms with Crippen molar-refractivity contribution < 1.29 is 4.39 Å². The second-order valence-electron chi connectivity index (χ2n) is 3.43. The number of H-pyrrole nitrogens is 1. The Morgan fingerprint density at radius 1 is 1.53 bits per heavy atom. The molecule has 0 aliphatic heterocycles. The van der Waals surface area contributed by atoms with Crippen molar-refractivity contribution in [3.63, 3.8) is 0 Å². The highest BCUT2D eigenvalue weighted by molar-refractivity contribution is 7.99. The number of terminal acetylenes is 1. The van der Waals surface area contributed by atoms with Gasteiger partial charge in [0.15, 0.2) is 0 Å². The van der Waals surface area contributed by atoms with Crippen LogP contribution in [0.4, 0.5) is 10.3 Å². The molecule has 5 heteroatoms. The number of imidazole rings is 1. The second-order valence-corrected chi connectivity index (χ2v) is 4.54. The van der Waals surface area contributed by atoms with Crippen LogP contribution < -0.4 is 5.32 Å². The SMILES string of the molecule is C#CCSCCNc1nc2ccc(F)cc2[nH]1. The maximum atomic E-state index is 12.9. The zero-order valence-corrected chi connectivity index (χ0v) is 9.98. The Morgan fingerprint density at radius 3 is 3.24 bits per heavy atom. The predicted octanol–water partition coefficient (Wildman–Crippen LogP) is 2.48. The third-order valence-electron chi connectivity index (χ3n) is 2.17. The fourth-order valence-corrected chi connectivity index (χ4v) is 1.95. The van der Waals surface area contributed by atoms with Crippen molar-refractivity contribution in [1.82, 2.24) is 9.97 Å². The van der Waals surface area contributed by atoms with Gasteiger partial charge >= 0.3 is 0 Å². The monoisotopic (exact) mass is 249 g/mol. The maximum absolute atomic E-state index is 12.9. The van der Waals surface area contributed by atoms with E-state index in [1.165, 1.54) is 12.1 Å². The lowest BCUT2D eigenvalue weighted by atomic mass is 10.3. The number of hydrogen-bond acceptors (Lipinski definition) is 3. The van der Waals surface area contributed by atoms with Crippen LogP contribution in [0.3, 0.4) is 0 Å². The largest absolute Gasteiger partial charge is 0.355 e. The zero-order valence-electron chi connectivity index (χ0n) is 9.16. The molecule has 0 atom stereocenters. The first kappa shape index (κ1) is 11.8. The summed E-state index contributed by atoms with van der Waals surface area (Å²) >= 11 is 1.68. The minimum absolute atomic E-state index is 0.266. The summed E-state index contributed by atoms with van der Waals surface area (Å²) in [4.78, 5) is 7.30. The number of thioether (sulfide) groups is 1. The molecular weight excluding hydrogens is 237 g/mol. The molecule has 2 rings (SSSR count). The summed E-state index contributed by atoms with van der Waals surface area (Å²) in [6.45, 7) is 0.772. The number of aromatic nitrogens is 2. The fraction of sp³-hybridized carbons (Fsp3) is 0.250. The third kappa shape index (κ3) is 3.14. The average molecular weight is 249 g/mol. The van der Waals surface area contributed by atoms with Gasteiger partial charge in [0, 0.05) is 12.3 Å². The predicted molar refractivity (Wildman–Crippen MR) is 70.7 cm³/mol. The van der Waals surface area contributed by atoms with E-state index in [2.05, 4.69) is 21.2 Å². The van der Waals surface area contributed by atoms with Gasteiger partial charge in [-0.05, 0) is 18.2 Å². The number of hydrogen-bond donors (Lipinski definition) is 2. The van der Waals surface area contributed by atoms with Crippen molar-refractivity contribution >= 4 is 28.7 Å². The van der Waals surface area contributed by atoms with Crippen LogP contribution in [0.1, 0.15) is 0 Å². The Kier molecular flexibility index (Phi) is 3.89. The van der Waals surface area contributed by atoms with Gasteiger partial charge in [-0.15, -0.1) is 18.2 Å². The molecule has 0 saturated heterocycles. The van der Waals surface area contributed by atoms with Crippen LogP contribution in [-0.4, -0.2) is 28.0 Å². The van der Waals surface area contributed by atoms with Gasteiger partial charge in [-0.2, -0.15) is 0 Å². The van der Waals surface area contributed by atoms with E-state index in [0.717, 1.165) is 17.8 Å². The van der Waals surface area contributed by atoms with Crippen LogP contribution in [0, 0.1) is 18.2 Å². The molecule has 3 nitrogen and oxygen atoms in total. The van der Waals surface area contributed by atoms with Gasteiger partial charge in [-0.3, -0.25) is 0 Å². The van der Waals surface area contributed by atoms with Crippen molar-refractivity contribution in [2.75, 3.05) is 23.4 Å².